The third kappa shape index (κ3) is 4.45. The number of nitrogens with zero attached hydrogens (tertiary/aromatic N) is 1. The van der Waals surface area contributed by atoms with E-state index in [-0.39, 0.29) is 33.8 Å². The molecule has 120 valence electrons. The smallest absolute Gasteiger partial charge is 0.244 e. The molecule has 0 amide bonds. The number of methoxy groups -OCH3 is 2. The number of rotatable bonds is 7. The third-order valence-electron chi connectivity index (χ3n) is 2.72. The molecule has 1 aromatic carbocycles. The highest BCUT2D eigenvalue weighted by Gasteiger charge is 2.26. The van der Waals surface area contributed by atoms with Crippen LogP contribution in [0.1, 0.15) is 0 Å². The monoisotopic (exact) mass is 357 g/mol. The molecule has 0 aliphatic heterocycles. The molecule has 0 heterocycles. The first-order valence-corrected chi connectivity index (χ1v) is 8.10. The molecule has 0 radical (unpaired) electrons. The largest absolute Gasteiger partial charge is 0.495 e. The highest BCUT2D eigenvalue weighted by molar-refractivity contribution is 7.89. The fraction of sp³-hybridized carbons (Fsp3) is 0.500. The van der Waals surface area contributed by atoms with Crippen LogP contribution in [0.3, 0.4) is 0 Å². The van der Waals surface area contributed by atoms with E-state index in [2.05, 4.69) is 0 Å². The second-order valence-electron chi connectivity index (χ2n) is 4.31. The van der Waals surface area contributed by atoms with Gasteiger partial charge in [0.25, 0.3) is 0 Å². The quantitative estimate of drug-likeness (QED) is 0.802. The number of halogens is 2. The minimum absolute atomic E-state index is 0.00988. The Kier molecular flexibility index (Phi) is 6.71. The van der Waals surface area contributed by atoms with E-state index < -0.39 is 16.1 Å². The number of ether oxygens (including phenoxy) is 2. The summed E-state index contributed by atoms with van der Waals surface area (Å²) in [5.41, 5.74) is 0. The summed E-state index contributed by atoms with van der Waals surface area (Å²) < 4.78 is 35.6. The molecule has 0 aromatic heterocycles. The van der Waals surface area contributed by atoms with Gasteiger partial charge < -0.3 is 14.6 Å². The molecule has 1 N–H and O–H groups in total. The second-order valence-corrected chi connectivity index (χ2v) is 7.14. The van der Waals surface area contributed by atoms with Gasteiger partial charge in [0.05, 0.1) is 29.9 Å². The first-order valence-electron chi connectivity index (χ1n) is 5.90. The van der Waals surface area contributed by atoms with Gasteiger partial charge in [-0.05, 0) is 6.07 Å². The Morgan fingerprint density at radius 1 is 1.29 bits per heavy atom. The molecule has 6 nitrogen and oxygen atoms in total. The summed E-state index contributed by atoms with van der Waals surface area (Å²) in [6.07, 6.45) is -0.942. The van der Waals surface area contributed by atoms with Crippen LogP contribution in [0.4, 0.5) is 0 Å². The summed E-state index contributed by atoms with van der Waals surface area (Å²) in [4.78, 5) is -0.151. The van der Waals surface area contributed by atoms with E-state index in [1.165, 1.54) is 33.4 Å². The molecular weight excluding hydrogens is 341 g/mol. The van der Waals surface area contributed by atoms with E-state index in [1.807, 2.05) is 0 Å². The lowest BCUT2D eigenvalue weighted by molar-refractivity contribution is 0.0554. The zero-order chi connectivity index (χ0) is 16.2. The van der Waals surface area contributed by atoms with Crippen molar-refractivity contribution in [3.05, 3.63) is 22.2 Å². The van der Waals surface area contributed by atoms with Crippen LogP contribution < -0.4 is 4.74 Å². The number of hydrogen-bond donors (Lipinski definition) is 1. The summed E-state index contributed by atoms with van der Waals surface area (Å²) in [7, 11) is 0.268. The van der Waals surface area contributed by atoms with Crippen molar-refractivity contribution in [2.24, 2.45) is 0 Å². The molecule has 0 aliphatic carbocycles. The van der Waals surface area contributed by atoms with Crippen molar-refractivity contribution in [1.82, 2.24) is 4.31 Å². The van der Waals surface area contributed by atoms with Gasteiger partial charge in [0.2, 0.25) is 10.0 Å². The number of likely N-dealkylation sites (N-methyl/N-ethyl adjacent to an activating group) is 1. The lowest BCUT2D eigenvalue weighted by Gasteiger charge is -2.21. The summed E-state index contributed by atoms with van der Waals surface area (Å²) >= 11 is 11.9. The average molecular weight is 358 g/mol. The topological polar surface area (TPSA) is 76.1 Å². The van der Waals surface area contributed by atoms with Gasteiger partial charge in [-0.3, -0.25) is 0 Å². The molecule has 0 fully saturated rings. The first-order chi connectivity index (χ1) is 9.73. The van der Waals surface area contributed by atoms with Crippen molar-refractivity contribution in [2.75, 3.05) is 34.4 Å². The lowest BCUT2D eigenvalue weighted by atomic mass is 10.3. The van der Waals surface area contributed by atoms with Gasteiger partial charge in [-0.2, -0.15) is 4.31 Å². The molecule has 1 rings (SSSR count). The van der Waals surface area contributed by atoms with Crippen LogP contribution in [0.5, 0.6) is 5.75 Å². The van der Waals surface area contributed by atoms with Crippen LogP contribution in [-0.2, 0) is 14.8 Å². The van der Waals surface area contributed by atoms with Crippen LogP contribution in [0.15, 0.2) is 17.0 Å². The van der Waals surface area contributed by atoms with Crippen LogP contribution >= 0.6 is 23.2 Å². The summed E-state index contributed by atoms with van der Waals surface area (Å²) in [5, 5.41) is 9.75. The van der Waals surface area contributed by atoms with E-state index in [0.717, 1.165) is 4.31 Å². The molecule has 0 saturated carbocycles. The molecule has 1 atom stereocenters. The second kappa shape index (κ2) is 7.62. The van der Waals surface area contributed by atoms with Crippen molar-refractivity contribution in [1.29, 1.82) is 0 Å². The fourth-order valence-electron chi connectivity index (χ4n) is 1.67. The van der Waals surface area contributed by atoms with E-state index in [1.54, 1.807) is 0 Å². The Hall–Kier alpha value is -0.570. The average Bonchev–Trinajstić information content (AvgIpc) is 2.40. The fourth-order valence-corrected chi connectivity index (χ4v) is 3.70. The van der Waals surface area contributed by atoms with E-state index >= 15 is 0 Å². The van der Waals surface area contributed by atoms with Gasteiger partial charge in [-0.25, -0.2) is 8.42 Å². The van der Waals surface area contributed by atoms with Crippen LogP contribution in [0.25, 0.3) is 0 Å². The Balaban J connectivity index is 3.10. The molecule has 0 saturated heterocycles. The minimum atomic E-state index is -3.88. The maximum Gasteiger partial charge on any atom is 0.244 e. The standard InChI is InChI=1S/C12H17Cl2NO5S/c1-15(6-8(16)7-19-2)21(17,18)12-5-9(13)11(20-3)4-10(12)14/h4-5,8,16H,6-7H2,1-3H3. The van der Waals surface area contributed by atoms with Gasteiger partial charge in [-0.1, -0.05) is 23.2 Å². The van der Waals surface area contributed by atoms with Crippen molar-refractivity contribution < 1.29 is 23.0 Å². The van der Waals surface area contributed by atoms with Crippen LogP contribution in [-0.4, -0.2) is 58.4 Å². The van der Waals surface area contributed by atoms with Crippen LogP contribution in [0.2, 0.25) is 10.0 Å². The van der Waals surface area contributed by atoms with Gasteiger partial charge in [-0.15, -0.1) is 0 Å². The highest BCUT2D eigenvalue weighted by atomic mass is 35.5. The van der Waals surface area contributed by atoms with Gasteiger partial charge in [0, 0.05) is 26.8 Å². The van der Waals surface area contributed by atoms with Crippen molar-refractivity contribution in [3.63, 3.8) is 0 Å². The van der Waals surface area contributed by atoms with E-state index in [0.29, 0.717) is 0 Å². The number of sulfonamides is 1. The lowest BCUT2D eigenvalue weighted by Crippen LogP contribution is -2.36. The molecule has 0 aliphatic rings. The predicted molar refractivity (Wildman–Crippen MR) is 80.7 cm³/mol. The van der Waals surface area contributed by atoms with E-state index in [9.17, 15) is 13.5 Å². The predicted octanol–water partition coefficient (Wildman–Crippen LogP) is 1.63. The van der Waals surface area contributed by atoms with Crippen molar-refractivity contribution in [2.45, 2.75) is 11.0 Å². The van der Waals surface area contributed by atoms with Gasteiger partial charge in [0.15, 0.2) is 0 Å². The molecule has 1 aromatic rings. The SMILES string of the molecule is COCC(O)CN(C)S(=O)(=O)c1cc(Cl)c(OC)cc1Cl. The Morgan fingerprint density at radius 3 is 2.43 bits per heavy atom. The summed E-state index contributed by atoms with van der Waals surface area (Å²) in [5.74, 6) is 0.280. The maximum absolute atomic E-state index is 12.4. The Bertz CT molecular complexity index is 594. The van der Waals surface area contributed by atoms with Crippen LogP contribution in [0, 0.1) is 0 Å². The number of benzene rings is 1. The molecular formula is C12H17Cl2NO5S. The number of aliphatic hydroxyl groups is 1. The zero-order valence-electron chi connectivity index (χ0n) is 11.8. The molecule has 21 heavy (non-hydrogen) atoms. The highest BCUT2D eigenvalue weighted by Crippen LogP contribution is 2.34. The molecule has 9 heteroatoms. The third-order valence-corrected chi connectivity index (χ3v) is 5.30. The Morgan fingerprint density at radius 2 is 1.90 bits per heavy atom. The minimum Gasteiger partial charge on any atom is -0.495 e. The zero-order valence-corrected chi connectivity index (χ0v) is 14.2. The molecule has 0 bridgehead atoms. The molecule has 0 spiro atoms. The number of hydrogen-bond acceptors (Lipinski definition) is 5. The number of aliphatic hydroxyl groups excluding tert-OH is 1. The van der Waals surface area contributed by atoms with Crippen molar-refractivity contribution in [3.8, 4) is 5.75 Å². The normalized spacial score (nSPS) is 13.5. The summed E-state index contributed by atoms with van der Waals surface area (Å²) in [6.45, 7) is -0.104. The Labute approximate surface area is 134 Å². The van der Waals surface area contributed by atoms with E-state index in [4.69, 9.17) is 32.7 Å². The van der Waals surface area contributed by atoms with Gasteiger partial charge in [0.1, 0.15) is 10.6 Å². The molecule has 1 unspecified atom stereocenters. The van der Waals surface area contributed by atoms with Gasteiger partial charge >= 0.3 is 0 Å². The maximum atomic E-state index is 12.4. The summed E-state index contributed by atoms with van der Waals surface area (Å²) in [6, 6.07) is 2.55. The van der Waals surface area contributed by atoms with Crippen molar-refractivity contribution >= 4 is 33.2 Å². The first kappa shape index (κ1) is 18.5.